The maximum Gasteiger partial charge on any atom is 0.530 e. The molecule has 6 N–H and O–H groups in total. The van der Waals surface area contributed by atoms with E-state index in [0.29, 0.717) is 0 Å². The van der Waals surface area contributed by atoms with Gasteiger partial charge in [-0.1, -0.05) is 5.59 Å². The summed E-state index contributed by atoms with van der Waals surface area (Å²) in [5.74, 6) is 0. The molecule has 0 radical (unpaired) electrons. The molecule has 8 nitrogen and oxygen atoms in total. The fourth-order valence-electron chi connectivity index (χ4n) is 0.293. The van der Waals surface area contributed by atoms with E-state index in [1.54, 1.807) is 11.0 Å². The monoisotopic (exact) mass is 178 g/mol. The Bertz CT molecular complexity index is 170. The van der Waals surface area contributed by atoms with Gasteiger partial charge in [-0.25, -0.2) is 15.0 Å². The van der Waals surface area contributed by atoms with E-state index >= 15 is 0 Å². The van der Waals surface area contributed by atoms with Crippen molar-refractivity contribution in [2.45, 2.75) is 13.2 Å². The third kappa shape index (κ3) is 6.58. The molecular weight excluding hydrogens is 168 g/mol. The normalized spacial score (nSPS) is 11.5. The SMILES string of the molecule is CC(N)OC(=O)ONNC(N)=O. The molecule has 0 spiro atoms. The Morgan fingerprint density at radius 2 is 2.08 bits per heavy atom. The van der Waals surface area contributed by atoms with Crippen LogP contribution in [0.15, 0.2) is 0 Å². The van der Waals surface area contributed by atoms with Gasteiger partial charge in [0.2, 0.25) is 0 Å². The summed E-state index contributed by atoms with van der Waals surface area (Å²) >= 11 is 0. The predicted octanol–water partition coefficient (Wildman–Crippen LogP) is -1.47. The van der Waals surface area contributed by atoms with Gasteiger partial charge in [0.15, 0.2) is 6.23 Å². The van der Waals surface area contributed by atoms with Gasteiger partial charge in [0.25, 0.3) is 0 Å². The number of rotatable bonds is 3. The molecule has 0 saturated heterocycles. The van der Waals surface area contributed by atoms with Crippen molar-refractivity contribution in [3.05, 3.63) is 0 Å². The first-order valence-electron chi connectivity index (χ1n) is 2.96. The van der Waals surface area contributed by atoms with Crippen LogP contribution >= 0.6 is 0 Å². The van der Waals surface area contributed by atoms with Gasteiger partial charge in [0.05, 0.1) is 0 Å². The van der Waals surface area contributed by atoms with Crippen LogP contribution in [0.5, 0.6) is 0 Å². The van der Waals surface area contributed by atoms with Gasteiger partial charge in [-0.15, -0.1) is 0 Å². The summed E-state index contributed by atoms with van der Waals surface area (Å²) in [5, 5.41) is 0. The van der Waals surface area contributed by atoms with Crippen LogP contribution in [0.2, 0.25) is 0 Å². The third-order valence-electron chi connectivity index (χ3n) is 0.591. The molecule has 12 heavy (non-hydrogen) atoms. The minimum atomic E-state index is -1.07. The molecule has 70 valence electrons. The smallest absolute Gasteiger partial charge is 0.414 e. The maximum absolute atomic E-state index is 10.5. The molecule has 2 amide bonds. The van der Waals surface area contributed by atoms with Crippen molar-refractivity contribution in [2.24, 2.45) is 11.5 Å². The van der Waals surface area contributed by atoms with Gasteiger partial charge in [-0.3, -0.25) is 5.73 Å². The lowest BCUT2D eigenvalue weighted by Crippen LogP contribution is -2.42. The minimum Gasteiger partial charge on any atom is -0.414 e. The summed E-state index contributed by atoms with van der Waals surface area (Å²) in [4.78, 5) is 24.5. The van der Waals surface area contributed by atoms with Crippen molar-refractivity contribution in [3.63, 3.8) is 0 Å². The number of nitrogens with two attached hydrogens (primary N) is 2. The first kappa shape index (κ1) is 10.5. The molecule has 0 rings (SSSR count). The number of amides is 2. The molecule has 0 saturated carbocycles. The number of hydrogen-bond donors (Lipinski definition) is 4. The Kier molecular flexibility index (Phi) is 4.49. The second kappa shape index (κ2) is 5.16. The van der Waals surface area contributed by atoms with Crippen LogP contribution < -0.4 is 22.5 Å². The number of hydrogen-bond acceptors (Lipinski definition) is 6. The van der Waals surface area contributed by atoms with Crippen molar-refractivity contribution < 1.29 is 19.2 Å². The lowest BCUT2D eigenvalue weighted by molar-refractivity contribution is -0.0107. The van der Waals surface area contributed by atoms with E-state index in [4.69, 9.17) is 5.73 Å². The zero-order valence-corrected chi connectivity index (χ0v) is 6.37. The number of urea groups is 1. The first-order chi connectivity index (χ1) is 5.52. The molecule has 1 atom stereocenters. The van der Waals surface area contributed by atoms with E-state index in [2.05, 4.69) is 15.3 Å². The molecule has 0 aromatic carbocycles. The highest BCUT2D eigenvalue weighted by molar-refractivity contribution is 5.71. The number of nitrogens with one attached hydrogen (secondary N) is 2. The Morgan fingerprint density at radius 3 is 2.50 bits per heavy atom. The molecule has 0 aromatic heterocycles. The largest absolute Gasteiger partial charge is 0.530 e. The van der Waals surface area contributed by atoms with E-state index in [1.807, 2.05) is 0 Å². The number of carbonyl (C=O) groups is 2. The molecule has 0 aliphatic heterocycles. The highest BCUT2D eigenvalue weighted by Gasteiger charge is 2.06. The summed E-state index contributed by atoms with van der Waals surface area (Å²) in [6, 6.07) is -0.899. The zero-order valence-electron chi connectivity index (χ0n) is 6.37. The van der Waals surface area contributed by atoms with Crippen LogP contribution in [0.3, 0.4) is 0 Å². The number of primary amides is 1. The van der Waals surface area contributed by atoms with Crippen molar-refractivity contribution >= 4 is 12.2 Å². The van der Waals surface area contributed by atoms with Gasteiger partial charge >= 0.3 is 12.2 Å². The van der Waals surface area contributed by atoms with Gasteiger partial charge < -0.3 is 15.3 Å². The Labute approximate surface area is 68.1 Å². The quantitative estimate of drug-likeness (QED) is 0.237. The standard InChI is InChI=1S/C4H10N4O4/c1-2(5)11-4(10)12-8-7-3(6)9/h2,8H,5H2,1H3,(H3,6,7,9). The summed E-state index contributed by atoms with van der Waals surface area (Å²) < 4.78 is 4.29. The maximum atomic E-state index is 10.5. The number of hydrazine groups is 1. The van der Waals surface area contributed by atoms with Crippen LogP contribution in [0.1, 0.15) is 6.92 Å². The Balaban J connectivity index is 3.38. The topological polar surface area (TPSA) is 129 Å². The van der Waals surface area contributed by atoms with E-state index < -0.39 is 18.4 Å². The fourth-order valence-corrected chi connectivity index (χ4v) is 0.293. The minimum absolute atomic E-state index is 0.784. The van der Waals surface area contributed by atoms with Gasteiger partial charge in [0, 0.05) is 0 Å². The van der Waals surface area contributed by atoms with Crippen LogP contribution in [0.25, 0.3) is 0 Å². The van der Waals surface area contributed by atoms with E-state index in [9.17, 15) is 9.59 Å². The molecule has 0 bridgehead atoms. The molecule has 0 aliphatic rings. The van der Waals surface area contributed by atoms with Gasteiger partial charge in [-0.05, 0) is 6.92 Å². The summed E-state index contributed by atoms with van der Waals surface area (Å²) in [5.41, 5.74) is 13.2. The average Bonchev–Trinajstić information content (AvgIpc) is 1.84. The van der Waals surface area contributed by atoms with Crippen LogP contribution in [-0.4, -0.2) is 18.4 Å². The van der Waals surface area contributed by atoms with E-state index in [-0.39, 0.29) is 0 Å². The van der Waals surface area contributed by atoms with Crippen LogP contribution in [0.4, 0.5) is 9.59 Å². The molecule has 0 aliphatic carbocycles. The van der Waals surface area contributed by atoms with Crippen molar-refractivity contribution in [1.82, 2.24) is 11.0 Å². The fraction of sp³-hybridized carbons (Fsp3) is 0.500. The van der Waals surface area contributed by atoms with Crippen molar-refractivity contribution in [2.75, 3.05) is 0 Å². The summed E-state index contributed by atoms with van der Waals surface area (Å²) in [6.07, 6.45) is -1.85. The molecule has 0 aromatic rings. The van der Waals surface area contributed by atoms with Crippen molar-refractivity contribution in [1.29, 1.82) is 0 Å². The lowest BCUT2D eigenvalue weighted by Gasteiger charge is -2.07. The highest BCUT2D eigenvalue weighted by atomic mass is 16.8. The lowest BCUT2D eigenvalue weighted by atomic mass is 10.7. The summed E-state index contributed by atoms with van der Waals surface area (Å²) in [6.45, 7) is 1.43. The molecule has 0 heterocycles. The Hall–Kier alpha value is -1.54. The molecule has 1 unspecified atom stereocenters. The zero-order chi connectivity index (χ0) is 9.56. The first-order valence-corrected chi connectivity index (χ1v) is 2.96. The second-order valence-corrected chi connectivity index (χ2v) is 1.77. The van der Waals surface area contributed by atoms with Crippen LogP contribution in [-0.2, 0) is 9.57 Å². The average molecular weight is 178 g/mol. The Morgan fingerprint density at radius 1 is 1.50 bits per heavy atom. The van der Waals surface area contributed by atoms with Gasteiger partial charge in [-0.2, -0.15) is 0 Å². The highest BCUT2D eigenvalue weighted by Crippen LogP contribution is 1.83. The third-order valence-corrected chi connectivity index (χ3v) is 0.591. The molecule has 8 heteroatoms. The van der Waals surface area contributed by atoms with Crippen LogP contribution in [0, 0.1) is 0 Å². The van der Waals surface area contributed by atoms with E-state index in [0.717, 1.165) is 0 Å². The summed E-state index contributed by atoms with van der Waals surface area (Å²) in [7, 11) is 0. The second-order valence-electron chi connectivity index (χ2n) is 1.77. The van der Waals surface area contributed by atoms with E-state index in [1.165, 1.54) is 6.92 Å². The molecular formula is C4H10N4O4. The number of ether oxygens (including phenoxy) is 1. The van der Waals surface area contributed by atoms with Gasteiger partial charge in [0.1, 0.15) is 0 Å². The van der Waals surface area contributed by atoms with Crippen molar-refractivity contribution in [3.8, 4) is 0 Å². The molecule has 0 fully saturated rings. The predicted molar refractivity (Wildman–Crippen MR) is 37.1 cm³/mol. The number of carbonyl (C=O) groups excluding carboxylic acids is 2.